The maximum Gasteiger partial charge on any atom is 0.311 e. The van der Waals surface area contributed by atoms with Gasteiger partial charge in [-0.1, -0.05) is 23.2 Å². The molecule has 0 spiro atoms. The van der Waals surface area contributed by atoms with E-state index in [2.05, 4.69) is 5.32 Å². The van der Waals surface area contributed by atoms with Crippen LogP contribution in [-0.2, 0) is 4.79 Å². The Morgan fingerprint density at radius 1 is 1.26 bits per heavy atom. The number of amides is 1. The maximum absolute atomic E-state index is 13.1. The summed E-state index contributed by atoms with van der Waals surface area (Å²) < 4.78 is 18.2. The highest BCUT2D eigenvalue weighted by molar-refractivity contribution is 6.35. The Kier molecular flexibility index (Phi) is 5.36. The lowest BCUT2D eigenvalue weighted by molar-refractivity contribution is -0.385. The Labute approximate surface area is 139 Å². The summed E-state index contributed by atoms with van der Waals surface area (Å²) in [6, 6.07) is 7.20. The van der Waals surface area contributed by atoms with E-state index in [1.54, 1.807) is 6.07 Å². The van der Waals surface area contributed by atoms with Crippen molar-refractivity contribution in [2.45, 2.75) is 0 Å². The summed E-state index contributed by atoms with van der Waals surface area (Å²) in [6.45, 7) is -0.562. The molecule has 0 fully saturated rings. The van der Waals surface area contributed by atoms with Crippen LogP contribution in [-0.4, -0.2) is 17.4 Å². The van der Waals surface area contributed by atoms with Gasteiger partial charge < -0.3 is 10.1 Å². The van der Waals surface area contributed by atoms with Crippen LogP contribution in [0.15, 0.2) is 36.4 Å². The van der Waals surface area contributed by atoms with E-state index in [0.717, 1.165) is 18.2 Å². The number of carbonyl (C=O) groups is 1. The van der Waals surface area contributed by atoms with E-state index in [4.69, 9.17) is 27.9 Å². The molecule has 6 nitrogen and oxygen atoms in total. The first-order valence-electron chi connectivity index (χ1n) is 6.18. The number of halogens is 3. The number of nitrogens with one attached hydrogen (secondary N) is 1. The van der Waals surface area contributed by atoms with Crippen molar-refractivity contribution in [3.63, 3.8) is 0 Å². The molecule has 0 bridgehead atoms. The van der Waals surface area contributed by atoms with Crippen molar-refractivity contribution in [3.8, 4) is 5.75 Å². The molecule has 0 atom stereocenters. The molecule has 0 aliphatic heterocycles. The summed E-state index contributed by atoms with van der Waals surface area (Å²) in [5.41, 5.74) is -0.179. The molecule has 0 saturated heterocycles. The first kappa shape index (κ1) is 17.0. The second-order valence-electron chi connectivity index (χ2n) is 4.33. The fourth-order valence-corrected chi connectivity index (χ4v) is 2.01. The molecular weight excluding hydrogens is 350 g/mol. The molecule has 120 valence electrons. The molecule has 23 heavy (non-hydrogen) atoms. The van der Waals surface area contributed by atoms with Gasteiger partial charge in [0.05, 0.1) is 15.6 Å². The monoisotopic (exact) mass is 358 g/mol. The normalized spacial score (nSPS) is 10.2. The highest BCUT2D eigenvalue weighted by Gasteiger charge is 2.17. The number of rotatable bonds is 5. The Hall–Kier alpha value is -2.38. The molecule has 9 heteroatoms. The first-order chi connectivity index (χ1) is 10.9. The van der Waals surface area contributed by atoms with Crippen LogP contribution in [0.1, 0.15) is 0 Å². The van der Waals surface area contributed by atoms with Gasteiger partial charge in [-0.05, 0) is 24.3 Å². The maximum atomic E-state index is 13.1. The number of carbonyl (C=O) groups excluding carboxylic acids is 1. The van der Waals surface area contributed by atoms with E-state index >= 15 is 0 Å². The van der Waals surface area contributed by atoms with E-state index < -0.39 is 28.9 Å². The Morgan fingerprint density at radius 3 is 2.70 bits per heavy atom. The smallest absolute Gasteiger partial charge is 0.311 e. The predicted octanol–water partition coefficient (Wildman–Crippen LogP) is 4.06. The molecule has 0 heterocycles. The summed E-state index contributed by atoms with van der Waals surface area (Å²) >= 11 is 11.7. The van der Waals surface area contributed by atoms with E-state index in [1.165, 1.54) is 12.1 Å². The summed E-state index contributed by atoms with van der Waals surface area (Å²) in [6.07, 6.45) is 0. The van der Waals surface area contributed by atoms with Gasteiger partial charge in [-0.25, -0.2) is 4.39 Å². The second kappa shape index (κ2) is 7.26. The van der Waals surface area contributed by atoms with Gasteiger partial charge >= 0.3 is 5.69 Å². The minimum Gasteiger partial charge on any atom is -0.477 e. The van der Waals surface area contributed by atoms with Gasteiger partial charge in [0, 0.05) is 17.2 Å². The topological polar surface area (TPSA) is 81.5 Å². The molecule has 0 aliphatic rings. The fourth-order valence-electron chi connectivity index (χ4n) is 1.68. The summed E-state index contributed by atoms with van der Waals surface area (Å²) in [4.78, 5) is 21.9. The first-order valence-corrected chi connectivity index (χ1v) is 6.94. The number of hydrogen-bond donors (Lipinski definition) is 1. The van der Waals surface area contributed by atoms with Crippen molar-refractivity contribution < 1.29 is 18.8 Å². The van der Waals surface area contributed by atoms with E-state index in [0.29, 0.717) is 5.02 Å². The van der Waals surface area contributed by atoms with Crippen LogP contribution in [0, 0.1) is 15.9 Å². The molecule has 0 unspecified atom stereocenters. The SMILES string of the molecule is O=C(COc1cc(F)ccc1[N+](=O)[O-])Nc1cc(Cl)ccc1Cl. The third kappa shape index (κ3) is 4.54. The van der Waals surface area contributed by atoms with Gasteiger partial charge in [0.25, 0.3) is 5.91 Å². The van der Waals surface area contributed by atoms with Crippen LogP contribution >= 0.6 is 23.2 Å². The van der Waals surface area contributed by atoms with Crippen LogP contribution in [0.25, 0.3) is 0 Å². The third-order valence-corrected chi connectivity index (χ3v) is 3.24. The number of nitro groups is 1. The lowest BCUT2D eigenvalue weighted by atomic mass is 10.3. The summed E-state index contributed by atoms with van der Waals surface area (Å²) in [7, 11) is 0. The molecule has 2 aromatic carbocycles. The number of anilines is 1. The van der Waals surface area contributed by atoms with Crippen molar-refractivity contribution in [1.82, 2.24) is 0 Å². The van der Waals surface area contributed by atoms with Crippen LogP contribution in [0.4, 0.5) is 15.8 Å². The van der Waals surface area contributed by atoms with Gasteiger partial charge in [-0.15, -0.1) is 0 Å². The number of benzene rings is 2. The summed E-state index contributed by atoms with van der Waals surface area (Å²) in [5, 5.41) is 13.9. The van der Waals surface area contributed by atoms with Crippen LogP contribution in [0.3, 0.4) is 0 Å². The van der Waals surface area contributed by atoms with Gasteiger partial charge in [0.2, 0.25) is 5.75 Å². The minimum absolute atomic E-state index is 0.263. The fraction of sp³-hybridized carbons (Fsp3) is 0.0714. The van der Waals surface area contributed by atoms with E-state index in [9.17, 15) is 19.3 Å². The van der Waals surface area contributed by atoms with Crippen molar-refractivity contribution in [1.29, 1.82) is 0 Å². The summed E-state index contributed by atoms with van der Waals surface area (Å²) in [5.74, 6) is -1.70. The molecule has 0 saturated carbocycles. The largest absolute Gasteiger partial charge is 0.477 e. The number of nitro benzene ring substituents is 1. The van der Waals surface area contributed by atoms with Crippen LogP contribution < -0.4 is 10.1 Å². The molecule has 0 radical (unpaired) electrons. The molecule has 0 aromatic heterocycles. The van der Waals surface area contributed by atoms with E-state index in [-0.39, 0.29) is 16.5 Å². The molecular formula is C14H9Cl2FN2O4. The zero-order valence-corrected chi connectivity index (χ0v) is 12.9. The number of nitrogens with zero attached hydrogens (tertiary/aromatic N) is 1. The average molecular weight is 359 g/mol. The second-order valence-corrected chi connectivity index (χ2v) is 5.17. The lowest BCUT2D eigenvalue weighted by Gasteiger charge is -2.09. The third-order valence-electron chi connectivity index (χ3n) is 2.68. The Bertz CT molecular complexity index is 770. The van der Waals surface area contributed by atoms with E-state index in [1.807, 2.05) is 0 Å². The Balaban J connectivity index is 2.06. The van der Waals surface area contributed by atoms with Gasteiger partial charge in [0.1, 0.15) is 5.82 Å². The number of hydrogen-bond acceptors (Lipinski definition) is 4. The molecule has 2 rings (SSSR count). The molecule has 2 aromatic rings. The minimum atomic E-state index is -0.736. The van der Waals surface area contributed by atoms with Gasteiger partial charge in [0.15, 0.2) is 6.61 Å². The van der Waals surface area contributed by atoms with Crippen molar-refractivity contribution >= 4 is 40.5 Å². The van der Waals surface area contributed by atoms with Gasteiger partial charge in [-0.3, -0.25) is 14.9 Å². The van der Waals surface area contributed by atoms with Gasteiger partial charge in [-0.2, -0.15) is 0 Å². The number of ether oxygens (including phenoxy) is 1. The van der Waals surface area contributed by atoms with Crippen molar-refractivity contribution in [2.24, 2.45) is 0 Å². The zero-order valence-electron chi connectivity index (χ0n) is 11.4. The molecule has 1 N–H and O–H groups in total. The highest BCUT2D eigenvalue weighted by atomic mass is 35.5. The lowest BCUT2D eigenvalue weighted by Crippen LogP contribution is -2.20. The van der Waals surface area contributed by atoms with Crippen molar-refractivity contribution in [2.75, 3.05) is 11.9 Å². The van der Waals surface area contributed by atoms with Crippen LogP contribution in [0.2, 0.25) is 10.0 Å². The standard InChI is InChI=1S/C14H9Cl2FN2O4/c15-8-1-3-10(16)11(5-8)18-14(20)7-23-13-6-9(17)2-4-12(13)19(21)22/h1-6H,7H2,(H,18,20). The van der Waals surface area contributed by atoms with Crippen molar-refractivity contribution in [3.05, 3.63) is 62.4 Å². The zero-order chi connectivity index (χ0) is 17.0. The molecule has 1 amide bonds. The van der Waals surface area contributed by atoms with Crippen LogP contribution in [0.5, 0.6) is 5.75 Å². The quantitative estimate of drug-likeness (QED) is 0.645. The predicted molar refractivity (Wildman–Crippen MR) is 83.6 cm³/mol. The Morgan fingerprint density at radius 2 is 2.00 bits per heavy atom. The average Bonchev–Trinajstić information content (AvgIpc) is 2.48. The molecule has 0 aliphatic carbocycles. The highest BCUT2D eigenvalue weighted by Crippen LogP contribution is 2.28.